The summed E-state index contributed by atoms with van der Waals surface area (Å²) in [5, 5.41) is 3.11. The lowest BCUT2D eigenvalue weighted by Crippen LogP contribution is -2.50. The van der Waals surface area contributed by atoms with Gasteiger partial charge < -0.3 is 11.1 Å². The van der Waals surface area contributed by atoms with E-state index in [0.717, 1.165) is 30.4 Å². The molecule has 1 fully saturated rings. The quantitative estimate of drug-likeness (QED) is 0.803. The smallest absolute Gasteiger partial charge is 0.253 e. The third-order valence-corrected chi connectivity index (χ3v) is 4.53. The van der Waals surface area contributed by atoms with Crippen molar-refractivity contribution in [1.82, 2.24) is 10.2 Å². The zero-order valence-corrected chi connectivity index (χ0v) is 14.5. The van der Waals surface area contributed by atoms with Crippen LogP contribution in [0.1, 0.15) is 44.0 Å². The first-order chi connectivity index (χ1) is 9.77. The Morgan fingerprint density at radius 3 is 2.52 bits per heavy atom. The Morgan fingerprint density at radius 1 is 1.33 bits per heavy atom. The summed E-state index contributed by atoms with van der Waals surface area (Å²) in [5.41, 5.74) is 7.14. The molecule has 0 atom stereocenters. The molecular formula is C16H24BrN3O. The maximum atomic E-state index is 12.3. The third-order valence-electron chi connectivity index (χ3n) is 4.04. The summed E-state index contributed by atoms with van der Waals surface area (Å²) in [6.45, 7) is 8.72. The lowest BCUT2D eigenvalue weighted by molar-refractivity contribution is 0.0813. The summed E-state index contributed by atoms with van der Waals surface area (Å²) in [5.74, 6) is -0.0805. The van der Waals surface area contributed by atoms with Crippen LogP contribution in [0.15, 0.2) is 22.7 Å². The van der Waals surface area contributed by atoms with Crippen molar-refractivity contribution in [3.63, 3.8) is 0 Å². The highest BCUT2D eigenvalue weighted by Gasteiger charge is 2.27. The number of hydrogen-bond acceptors (Lipinski definition) is 3. The Kier molecular flexibility index (Phi) is 4.94. The number of benzene rings is 1. The molecule has 4 nitrogen and oxygen atoms in total. The summed E-state index contributed by atoms with van der Waals surface area (Å²) in [7, 11) is 0. The number of nitrogens with zero attached hydrogens (tertiary/aromatic N) is 1. The van der Waals surface area contributed by atoms with E-state index in [2.05, 4.69) is 46.9 Å². The molecule has 0 saturated carbocycles. The molecule has 1 aromatic carbocycles. The maximum absolute atomic E-state index is 12.3. The van der Waals surface area contributed by atoms with Gasteiger partial charge in [0.25, 0.3) is 5.91 Å². The molecule has 5 heteroatoms. The lowest BCUT2D eigenvalue weighted by Gasteiger charge is -2.41. The van der Waals surface area contributed by atoms with Gasteiger partial charge in [0.15, 0.2) is 0 Å². The van der Waals surface area contributed by atoms with E-state index < -0.39 is 0 Å². The molecule has 116 valence electrons. The van der Waals surface area contributed by atoms with Gasteiger partial charge >= 0.3 is 0 Å². The van der Waals surface area contributed by atoms with Gasteiger partial charge in [-0.2, -0.15) is 0 Å². The summed E-state index contributed by atoms with van der Waals surface area (Å²) in [6, 6.07) is 5.60. The minimum absolute atomic E-state index is 0.0805. The fourth-order valence-electron chi connectivity index (χ4n) is 2.68. The normalized spacial score (nSPS) is 17.7. The van der Waals surface area contributed by atoms with Gasteiger partial charge in [0.1, 0.15) is 0 Å². The monoisotopic (exact) mass is 353 g/mol. The largest absolute Gasteiger partial charge is 0.398 e. The van der Waals surface area contributed by atoms with Crippen LogP contribution in [-0.2, 0) is 0 Å². The standard InChI is InChI=1S/C16H24BrN3O/c1-16(2,3)20-8-6-12(7-9-20)19-15(21)13-10-11(17)4-5-14(13)18/h4-5,10,12H,6-9,18H2,1-3H3,(H,19,21). The van der Waals surface area contributed by atoms with Gasteiger partial charge in [-0.3, -0.25) is 9.69 Å². The number of nitrogens with one attached hydrogen (secondary N) is 1. The van der Waals surface area contributed by atoms with Crippen LogP contribution in [-0.4, -0.2) is 35.5 Å². The van der Waals surface area contributed by atoms with E-state index in [-0.39, 0.29) is 17.5 Å². The van der Waals surface area contributed by atoms with E-state index in [1.54, 1.807) is 12.1 Å². The summed E-state index contributed by atoms with van der Waals surface area (Å²) in [4.78, 5) is 14.8. The zero-order chi connectivity index (χ0) is 15.6. The minimum Gasteiger partial charge on any atom is -0.398 e. The van der Waals surface area contributed by atoms with Crippen LogP contribution >= 0.6 is 15.9 Å². The van der Waals surface area contributed by atoms with E-state index >= 15 is 0 Å². The Morgan fingerprint density at radius 2 is 1.95 bits per heavy atom. The first-order valence-corrected chi connectivity index (χ1v) is 8.17. The number of halogens is 1. The second-order valence-corrected chi connectivity index (χ2v) is 7.55. The lowest BCUT2D eigenvalue weighted by atomic mass is 9.98. The van der Waals surface area contributed by atoms with Gasteiger partial charge in [0, 0.05) is 34.8 Å². The maximum Gasteiger partial charge on any atom is 0.253 e. The highest BCUT2D eigenvalue weighted by Crippen LogP contribution is 2.22. The number of nitrogen functional groups attached to an aromatic ring is 1. The first kappa shape index (κ1) is 16.3. The number of carbonyl (C=O) groups excluding carboxylic acids is 1. The zero-order valence-electron chi connectivity index (χ0n) is 12.9. The van der Waals surface area contributed by atoms with E-state index in [4.69, 9.17) is 5.73 Å². The van der Waals surface area contributed by atoms with Gasteiger partial charge in [-0.25, -0.2) is 0 Å². The van der Waals surface area contributed by atoms with Gasteiger partial charge in [-0.15, -0.1) is 0 Å². The predicted octanol–water partition coefficient (Wildman–Crippen LogP) is 3.02. The van der Waals surface area contributed by atoms with Crippen molar-refractivity contribution in [3.05, 3.63) is 28.2 Å². The molecule has 0 aromatic heterocycles. The van der Waals surface area contributed by atoms with Crippen molar-refractivity contribution < 1.29 is 4.79 Å². The van der Waals surface area contributed by atoms with Crippen LogP contribution < -0.4 is 11.1 Å². The molecule has 0 bridgehead atoms. The number of likely N-dealkylation sites (tertiary alicyclic amines) is 1. The number of anilines is 1. The van der Waals surface area contributed by atoms with E-state index in [9.17, 15) is 4.79 Å². The number of amides is 1. The predicted molar refractivity (Wildman–Crippen MR) is 90.4 cm³/mol. The molecule has 0 aliphatic carbocycles. The average molecular weight is 354 g/mol. The number of piperidine rings is 1. The Hall–Kier alpha value is -1.07. The van der Waals surface area contributed by atoms with Crippen molar-refractivity contribution in [2.45, 2.75) is 45.2 Å². The molecular weight excluding hydrogens is 330 g/mol. The van der Waals surface area contributed by atoms with Crippen LogP contribution in [0, 0.1) is 0 Å². The molecule has 21 heavy (non-hydrogen) atoms. The van der Waals surface area contributed by atoms with Crippen molar-refractivity contribution in [2.75, 3.05) is 18.8 Å². The minimum atomic E-state index is -0.0805. The molecule has 1 aliphatic rings. The van der Waals surface area contributed by atoms with Crippen LogP contribution in [0.3, 0.4) is 0 Å². The molecule has 1 aromatic rings. The van der Waals surface area contributed by atoms with Crippen LogP contribution in [0.2, 0.25) is 0 Å². The summed E-state index contributed by atoms with van der Waals surface area (Å²) < 4.78 is 0.865. The van der Waals surface area contributed by atoms with Gasteiger partial charge in [-0.05, 0) is 51.8 Å². The summed E-state index contributed by atoms with van der Waals surface area (Å²) in [6.07, 6.45) is 1.97. The highest BCUT2D eigenvalue weighted by molar-refractivity contribution is 9.10. The molecule has 3 N–H and O–H groups in total. The fourth-order valence-corrected chi connectivity index (χ4v) is 3.04. The second-order valence-electron chi connectivity index (χ2n) is 6.64. The molecule has 1 amide bonds. The van der Waals surface area contributed by atoms with Gasteiger partial charge in [-0.1, -0.05) is 15.9 Å². The van der Waals surface area contributed by atoms with Crippen molar-refractivity contribution >= 4 is 27.5 Å². The highest BCUT2D eigenvalue weighted by atomic mass is 79.9. The summed E-state index contributed by atoms with van der Waals surface area (Å²) >= 11 is 3.38. The van der Waals surface area contributed by atoms with Crippen molar-refractivity contribution in [1.29, 1.82) is 0 Å². The molecule has 0 radical (unpaired) electrons. The van der Waals surface area contributed by atoms with E-state index in [0.29, 0.717) is 11.3 Å². The number of nitrogens with two attached hydrogens (primary N) is 1. The topological polar surface area (TPSA) is 58.4 Å². The Bertz CT molecular complexity index is 517. The van der Waals surface area contributed by atoms with Crippen molar-refractivity contribution in [2.24, 2.45) is 0 Å². The van der Waals surface area contributed by atoms with Gasteiger partial charge in [0.2, 0.25) is 0 Å². The van der Waals surface area contributed by atoms with Crippen LogP contribution in [0.4, 0.5) is 5.69 Å². The third kappa shape index (κ3) is 4.20. The number of carbonyl (C=O) groups is 1. The molecule has 0 spiro atoms. The molecule has 2 rings (SSSR count). The SMILES string of the molecule is CC(C)(C)N1CCC(NC(=O)c2cc(Br)ccc2N)CC1. The Labute approximate surface area is 135 Å². The molecule has 1 saturated heterocycles. The van der Waals surface area contributed by atoms with Crippen LogP contribution in [0.25, 0.3) is 0 Å². The first-order valence-electron chi connectivity index (χ1n) is 7.38. The molecule has 1 heterocycles. The molecule has 0 unspecified atom stereocenters. The van der Waals surface area contributed by atoms with Crippen LogP contribution in [0.5, 0.6) is 0 Å². The number of rotatable bonds is 2. The second kappa shape index (κ2) is 6.36. The van der Waals surface area contributed by atoms with Crippen molar-refractivity contribution in [3.8, 4) is 0 Å². The number of hydrogen-bond donors (Lipinski definition) is 2. The van der Waals surface area contributed by atoms with E-state index in [1.165, 1.54) is 0 Å². The van der Waals surface area contributed by atoms with Gasteiger partial charge in [0.05, 0.1) is 5.56 Å². The Balaban J connectivity index is 1.94. The average Bonchev–Trinajstić information content (AvgIpc) is 2.41. The fraction of sp³-hybridized carbons (Fsp3) is 0.562. The molecule has 1 aliphatic heterocycles. The van der Waals surface area contributed by atoms with E-state index in [1.807, 2.05) is 6.07 Å².